The molecule has 2 aliphatic rings. The molecule has 1 saturated heterocycles. The Bertz CT molecular complexity index is 424. The molecule has 1 N–H and O–H groups in total. The lowest BCUT2D eigenvalue weighted by molar-refractivity contribution is -0.128. The third-order valence-corrected chi connectivity index (χ3v) is 3.87. The smallest absolute Gasteiger partial charge is 0.223 e. The molecule has 0 unspecified atom stereocenters. The lowest BCUT2D eigenvalue weighted by Gasteiger charge is -2.28. The van der Waals surface area contributed by atoms with E-state index in [1.54, 1.807) is 0 Å². The number of amides is 1. The first-order valence-corrected chi connectivity index (χ1v) is 6.71. The second kappa shape index (κ2) is 5.10. The molecule has 0 bridgehead atoms. The molecule has 0 spiro atoms. The van der Waals surface area contributed by atoms with Gasteiger partial charge in [0.2, 0.25) is 5.91 Å². The number of rotatable bonds is 2. The predicted molar refractivity (Wildman–Crippen MR) is 66.0 cm³/mol. The SMILES string of the molecule is O=C(N[C@@H]1CCc2nccn2C1)C1CCOCC1. The number of hydrogen-bond donors (Lipinski definition) is 1. The lowest BCUT2D eigenvalue weighted by atomic mass is 9.98. The summed E-state index contributed by atoms with van der Waals surface area (Å²) < 4.78 is 7.42. The van der Waals surface area contributed by atoms with Crippen LogP contribution >= 0.6 is 0 Å². The van der Waals surface area contributed by atoms with Crippen LogP contribution in [0.2, 0.25) is 0 Å². The minimum atomic E-state index is 0.142. The van der Waals surface area contributed by atoms with Crippen LogP contribution in [0.4, 0.5) is 0 Å². The number of carbonyl (C=O) groups excluding carboxylic acids is 1. The summed E-state index contributed by atoms with van der Waals surface area (Å²) in [5, 5.41) is 3.18. The number of imidazole rings is 1. The lowest BCUT2D eigenvalue weighted by Crippen LogP contribution is -2.44. The molecule has 3 heterocycles. The van der Waals surface area contributed by atoms with E-state index in [4.69, 9.17) is 4.74 Å². The third-order valence-electron chi connectivity index (χ3n) is 3.87. The molecule has 0 aliphatic carbocycles. The van der Waals surface area contributed by atoms with Gasteiger partial charge in [0.25, 0.3) is 0 Å². The van der Waals surface area contributed by atoms with Crippen molar-refractivity contribution in [3.8, 4) is 0 Å². The monoisotopic (exact) mass is 249 g/mol. The number of carbonyl (C=O) groups is 1. The van der Waals surface area contributed by atoms with Crippen LogP contribution in [-0.2, 0) is 22.5 Å². The zero-order valence-electron chi connectivity index (χ0n) is 10.5. The van der Waals surface area contributed by atoms with Crippen LogP contribution in [0.25, 0.3) is 0 Å². The Labute approximate surface area is 107 Å². The Hall–Kier alpha value is -1.36. The number of aromatic nitrogens is 2. The molecule has 0 radical (unpaired) electrons. The Morgan fingerprint density at radius 3 is 3.06 bits per heavy atom. The van der Waals surface area contributed by atoms with E-state index in [0.717, 1.165) is 38.1 Å². The van der Waals surface area contributed by atoms with Crippen molar-refractivity contribution in [2.45, 2.75) is 38.3 Å². The van der Waals surface area contributed by atoms with Gasteiger partial charge in [-0.25, -0.2) is 4.98 Å². The maximum absolute atomic E-state index is 12.1. The molecule has 18 heavy (non-hydrogen) atoms. The molecular formula is C13H19N3O2. The van der Waals surface area contributed by atoms with Crippen molar-refractivity contribution in [2.24, 2.45) is 5.92 Å². The van der Waals surface area contributed by atoms with Gasteiger partial charge in [-0.15, -0.1) is 0 Å². The Morgan fingerprint density at radius 1 is 1.39 bits per heavy atom. The van der Waals surface area contributed by atoms with Gasteiger partial charge in [0.05, 0.1) is 0 Å². The highest BCUT2D eigenvalue weighted by molar-refractivity contribution is 5.79. The van der Waals surface area contributed by atoms with Crippen molar-refractivity contribution in [2.75, 3.05) is 13.2 Å². The molecular weight excluding hydrogens is 230 g/mol. The summed E-state index contributed by atoms with van der Waals surface area (Å²) in [5.41, 5.74) is 0. The average molecular weight is 249 g/mol. The van der Waals surface area contributed by atoms with Crippen LogP contribution in [-0.4, -0.2) is 34.7 Å². The summed E-state index contributed by atoms with van der Waals surface area (Å²) in [5.74, 6) is 1.47. The normalized spacial score (nSPS) is 24.6. The average Bonchev–Trinajstić information content (AvgIpc) is 2.87. The number of hydrogen-bond acceptors (Lipinski definition) is 3. The first kappa shape index (κ1) is 11.7. The van der Waals surface area contributed by atoms with Gasteiger partial charge in [-0.3, -0.25) is 4.79 Å². The van der Waals surface area contributed by atoms with Gasteiger partial charge in [0, 0.05) is 50.5 Å². The van der Waals surface area contributed by atoms with Gasteiger partial charge in [-0.2, -0.15) is 0 Å². The summed E-state index contributed by atoms with van der Waals surface area (Å²) >= 11 is 0. The van der Waals surface area contributed by atoms with Crippen LogP contribution in [0.5, 0.6) is 0 Å². The molecule has 1 aromatic heterocycles. The van der Waals surface area contributed by atoms with Crippen molar-refractivity contribution in [3.05, 3.63) is 18.2 Å². The number of nitrogens with zero attached hydrogens (tertiary/aromatic N) is 2. The number of nitrogens with one attached hydrogen (secondary N) is 1. The molecule has 0 aromatic carbocycles. The van der Waals surface area contributed by atoms with E-state index >= 15 is 0 Å². The maximum atomic E-state index is 12.1. The number of ether oxygens (including phenoxy) is 1. The van der Waals surface area contributed by atoms with Gasteiger partial charge >= 0.3 is 0 Å². The van der Waals surface area contributed by atoms with Gasteiger partial charge in [-0.1, -0.05) is 0 Å². The fraction of sp³-hybridized carbons (Fsp3) is 0.692. The highest BCUT2D eigenvalue weighted by Crippen LogP contribution is 2.17. The fourth-order valence-corrected chi connectivity index (χ4v) is 2.76. The fourth-order valence-electron chi connectivity index (χ4n) is 2.76. The highest BCUT2D eigenvalue weighted by atomic mass is 16.5. The number of fused-ring (bicyclic) bond motifs is 1. The highest BCUT2D eigenvalue weighted by Gasteiger charge is 2.25. The van der Waals surface area contributed by atoms with E-state index in [1.165, 1.54) is 0 Å². The van der Waals surface area contributed by atoms with Crippen molar-refractivity contribution in [1.82, 2.24) is 14.9 Å². The molecule has 1 fully saturated rings. The molecule has 5 nitrogen and oxygen atoms in total. The first-order valence-electron chi connectivity index (χ1n) is 6.71. The molecule has 5 heteroatoms. The van der Waals surface area contributed by atoms with E-state index in [1.807, 2.05) is 12.4 Å². The zero-order chi connectivity index (χ0) is 12.4. The maximum Gasteiger partial charge on any atom is 0.223 e. The van der Waals surface area contributed by atoms with Crippen LogP contribution in [0, 0.1) is 5.92 Å². The van der Waals surface area contributed by atoms with E-state index < -0.39 is 0 Å². The topological polar surface area (TPSA) is 56.2 Å². The molecule has 1 aromatic rings. The van der Waals surface area contributed by atoms with Gasteiger partial charge < -0.3 is 14.6 Å². The summed E-state index contributed by atoms with van der Waals surface area (Å²) in [6, 6.07) is 0.252. The third kappa shape index (κ3) is 2.41. The summed E-state index contributed by atoms with van der Waals surface area (Å²) in [6.45, 7) is 2.28. The Morgan fingerprint density at radius 2 is 2.22 bits per heavy atom. The van der Waals surface area contributed by atoms with Crippen molar-refractivity contribution < 1.29 is 9.53 Å². The van der Waals surface area contributed by atoms with Crippen molar-refractivity contribution >= 4 is 5.91 Å². The van der Waals surface area contributed by atoms with Crippen LogP contribution in [0.15, 0.2) is 12.4 Å². The standard InChI is InChI=1S/C13H19N3O2/c17-13(10-3-7-18-8-4-10)15-11-1-2-12-14-5-6-16(12)9-11/h5-6,10-11H,1-4,7-9H2,(H,15,17)/t11-/m1/s1. The minimum absolute atomic E-state index is 0.142. The largest absolute Gasteiger partial charge is 0.381 e. The molecule has 1 amide bonds. The number of aryl methyl sites for hydroxylation is 1. The molecule has 3 rings (SSSR count). The van der Waals surface area contributed by atoms with E-state index in [-0.39, 0.29) is 17.9 Å². The van der Waals surface area contributed by atoms with Gasteiger partial charge in [0.1, 0.15) is 5.82 Å². The summed E-state index contributed by atoms with van der Waals surface area (Å²) in [4.78, 5) is 16.4. The summed E-state index contributed by atoms with van der Waals surface area (Å²) in [7, 11) is 0. The zero-order valence-corrected chi connectivity index (χ0v) is 10.5. The van der Waals surface area contributed by atoms with Crippen molar-refractivity contribution in [3.63, 3.8) is 0 Å². The first-order chi connectivity index (χ1) is 8.83. The van der Waals surface area contributed by atoms with E-state index in [0.29, 0.717) is 13.2 Å². The molecule has 2 aliphatic heterocycles. The second-order valence-electron chi connectivity index (χ2n) is 5.13. The van der Waals surface area contributed by atoms with Crippen LogP contribution in [0.3, 0.4) is 0 Å². The van der Waals surface area contributed by atoms with E-state index in [2.05, 4.69) is 14.9 Å². The Kier molecular flexibility index (Phi) is 3.32. The molecule has 1 atom stereocenters. The second-order valence-corrected chi connectivity index (χ2v) is 5.13. The van der Waals surface area contributed by atoms with E-state index in [9.17, 15) is 4.79 Å². The molecule has 98 valence electrons. The minimum Gasteiger partial charge on any atom is -0.381 e. The Balaban J connectivity index is 1.56. The van der Waals surface area contributed by atoms with Crippen LogP contribution in [0.1, 0.15) is 25.1 Å². The van der Waals surface area contributed by atoms with Gasteiger partial charge in [-0.05, 0) is 19.3 Å². The summed E-state index contributed by atoms with van der Waals surface area (Å²) in [6.07, 6.45) is 7.47. The van der Waals surface area contributed by atoms with Crippen molar-refractivity contribution in [1.29, 1.82) is 0 Å². The quantitative estimate of drug-likeness (QED) is 0.841. The predicted octanol–water partition coefficient (Wildman–Crippen LogP) is 0.741. The van der Waals surface area contributed by atoms with Crippen LogP contribution < -0.4 is 5.32 Å². The molecule has 0 saturated carbocycles. The van der Waals surface area contributed by atoms with Gasteiger partial charge in [0.15, 0.2) is 0 Å².